The molecule has 110 valence electrons. The van der Waals surface area contributed by atoms with Gasteiger partial charge in [-0.1, -0.05) is 32.3 Å². The number of nitrogens with one attached hydrogen (secondary N) is 2. The Balaban J connectivity index is 2.09. The number of carbonyl (C=O) groups is 1. The number of carbonyl (C=O) groups excluding carboxylic acids is 1. The Hall–Kier alpha value is -1.58. The van der Waals surface area contributed by atoms with Crippen LogP contribution in [0.4, 0.5) is 10.1 Å². The molecule has 1 aromatic carbocycles. The molecule has 20 heavy (non-hydrogen) atoms. The summed E-state index contributed by atoms with van der Waals surface area (Å²) < 4.78 is 13.9. The molecule has 1 aliphatic rings. The lowest BCUT2D eigenvalue weighted by molar-refractivity contribution is 0.0928. The van der Waals surface area contributed by atoms with Crippen LogP contribution >= 0.6 is 0 Å². The first kappa shape index (κ1) is 14.8. The first-order valence-corrected chi connectivity index (χ1v) is 7.55. The third-order valence-electron chi connectivity index (χ3n) is 3.75. The van der Waals surface area contributed by atoms with Crippen LogP contribution in [0.1, 0.15) is 55.8 Å². The Kier molecular flexibility index (Phi) is 5.39. The molecule has 1 aromatic rings. The predicted molar refractivity (Wildman–Crippen MR) is 79.5 cm³/mol. The Morgan fingerprint density at radius 2 is 2.05 bits per heavy atom. The second-order valence-electron chi connectivity index (χ2n) is 5.40. The molecule has 1 aliphatic carbocycles. The van der Waals surface area contributed by atoms with Gasteiger partial charge in [-0.2, -0.15) is 0 Å². The lowest BCUT2D eigenvalue weighted by Gasteiger charge is -2.23. The van der Waals surface area contributed by atoms with Crippen LogP contribution in [-0.2, 0) is 0 Å². The van der Waals surface area contributed by atoms with Gasteiger partial charge in [0.1, 0.15) is 5.82 Å². The summed E-state index contributed by atoms with van der Waals surface area (Å²) in [5.74, 6) is -0.537. The summed E-state index contributed by atoms with van der Waals surface area (Å²) in [7, 11) is 0. The molecule has 2 N–H and O–H groups in total. The standard InChI is InChI=1S/C16H23FN2O/c1-2-11-18-15-13(9-6-10-14(15)17)16(20)19-12-7-4-3-5-8-12/h6,9-10,12,18H,2-5,7-8,11H2,1H3,(H,19,20). The maximum absolute atomic E-state index is 13.9. The molecule has 3 nitrogen and oxygen atoms in total. The summed E-state index contributed by atoms with van der Waals surface area (Å²) in [4.78, 5) is 12.3. The van der Waals surface area contributed by atoms with Crippen LogP contribution in [0, 0.1) is 5.82 Å². The number of halogens is 1. The van der Waals surface area contributed by atoms with Crippen molar-refractivity contribution < 1.29 is 9.18 Å². The SMILES string of the molecule is CCCNc1c(F)cccc1C(=O)NC1CCCCC1. The second-order valence-corrected chi connectivity index (χ2v) is 5.40. The zero-order valence-electron chi connectivity index (χ0n) is 12.0. The summed E-state index contributed by atoms with van der Waals surface area (Å²) in [5.41, 5.74) is 0.728. The van der Waals surface area contributed by atoms with E-state index >= 15 is 0 Å². The Bertz CT molecular complexity index is 456. The number of para-hydroxylation sites is 1. The van der Waals surface area contributed by atoms with Crippen LogP contribution in [0.15, 0.2) is 18.2 Å². The molecular weight excluding hydrogens is 255 g/mol. The molecule has 1 saturated carbocycles. The van der Waals surface area contributed by atoms with Gasteiger partial charge in [-0.25, -0.2) is 4.39 Å². The maximum atomic E-state index is 13.9. The number of amides is 1. The molecule has 0 saturated heterocycles. The molecule has 0 bridgehead atoms. The molecule has 0 aliphatic heterocycles. The smallest absolute Gasteiger partial charge is 0.253 e. The van der Waals surface area contributed by atoms with Crippen molar-refractivity contribution >= 4 is 11.6 Å². The van der Waals surface area contributed by atoms with Gasteiger partial charge < -0.3 is 10.6 Å². The van der Waals surface area contributed by atoms with Crippen LogP contribution in [0.2, 0.25) is 0 Å². The number of anilines is 1. The maximum Gasteiger partial charge on any atom is 0.253 e. The molecule has 2 rings (SSSR count). The highest BCUT2D eigenvalue weighted by Crippen LogP contribution is 2.22. The molecule has 0 radical (unpaired) electrons. The van der Waals surface area contributed by atoms with E-state index in [1.54, 1.807) is 12.1 Å². The molecule has 0 spiro atoms. The van der Waals surface area contributed by atoms with Gasteiger partial charge in [-0.15, -0.1) is 0 Å². The van der Waals surface area contributed by atoms with Crippen molar-refractivity contribution in [2.24, 2.45) is 0 Å². The van der Waals surface area contributed by atoms with E-state index in [9.17, 15) is 9.18 Å². The summed E-state index contributed by atoms with van der Waals surface area (Å²) in [6.07, 6.45) is 6.51. The predicted octanol–water partition coefficient (Wildman–Crippen LogP) is 3.71. The van der Waals surface area contributed by atoms with Crippen molar-refractivity contribution in [3.63, 3.8) is 0 Å². The largest absolute Gasteiger partial charge is 0.382 e. The number of hydrogen-bond acceptors (Lipinski definition) is 2. The van der Waals surface area contributed by atoms with Gasteiger partial charge in [0.2, 0.25) is 0 Å². The fraction of sp³-hybridized carbons (Fsp3) is 0.562. The van der Waals surface area contributed by atoms with Gasteiger partial charge in [0.05, 0.1) is 11.3 Å². The third kappa shape index (κ3) is 3.71. The van der Waals surface area contributed by atoms with E-state index in [4.69, 9.17) is 0 Å². The highest BCUT2D eigenvalue weighted by molar-refractivity contribution is 5.99. The van der Waals surface area contributed by atoms with Crippen molar-refractivity contribution in [3.05, 3.63) is 29.6 Å². The van der Waals surface area contributed by atoms with E-state index in [-0.39, 0.29) is 17.8 Å². The summed E-state index contributed by atoms with van der Waals surface area (Å²) in [6.45, 7) is 2.67. The monoisotopic (exact) mass is 278 g/mol. The van der Waals surface area contributed by atoms with E-state index in [0.717, 1.165) is 32.1 Å². The summed E-state index contributed by atoms with van der Waals surface area (Å²) >= 11 is 0. The zero-order valence-corrected chi connectivity index (χ0v) is 12.0. The van der Waals surface area contributed by atoms with Gasteiger partial charge >= 0.3 is 0 Å². The number of rotatable bonds is 5. The quantitative estimate of drug-likeness (QED) is 0.862. The minimum Gasteiger partial charge on any atom is -0.382 e. The highest BCUT2D eigenvalue weighted by Gasteiger charge is 2.19. The van der Waals surface area contributed by atoms with Gasteiger partial charge in [0, 0.05) is 12.6 Å². The van der Waals surface area contributed by atoms with Crippen molar-refractivity contribution in [1.82, 2.24) is 5.32 Å². The average Bonchev–Trinajstić information content (AvgIpc) is 2.47. The van der Waals surface area contributed by atoms with Crippen molar-refractivity contribution in [1.29, 1.82) is 0 Å². The first-order valence-electron chi connectivity index (χ1n) is 7.55. The lowest BCUT2D eigenvalue weighted by Crippen LogP contribution is -2.36. The normalized spacial score (nSPS) is 15.9. The van der Waals surface area contributed by atoms with E-state index in [1.807, 2.05) is 6.92 Å². The zero-order chi connectivity index (χ0) is 14.4. The van der Waals surface area contributed by atoms with E-state index in [2.05, 4.69) is 10.6 Å². The Morgan fingerprint density at radius 3 is 2.75 bits per heavy atom. The van der Waals surface area contributed by atoms with Crippen LogP contribution in [0.3, 0.4) is 0 Å². The highest BCUT2D eigenvalue weighted by atomic mass is 19.1. The van der Waals surface area contributed by atoms with Gasteiger partial charge in [-0.3, -0.25) is 4.79 Å². The molecular formula is C16H23FN2O. The minimum atomic E-state index is -0.366. The van der Waals surface area contributed by atoms with E-state index in [0.29, 0.717) is 17.8 Å². The van der Waals surface area contributed by atoms with Gasteiger partial charge in [-0.05, 0) is 31.4 Å². The fourth-order valence-corrected chi connectivity index (χ4v) is 2.65. The first-order chi connectivity index (χ1) is 9.72. The second kappa shape index (κ2) is 7.27. The van der Waals surface area contributed by atoms with E-state index < -0.39 is 0 Å². The van der Waals surface area contributed by atoms with Crippen molar-refractivity contribution in [3.8, 4) is 0 Å². The Morgan fingerprint density at radius 1 is 1.30 bits per heavy atom. The van der Waals surface area contributed by atoms with Gasteiger partial charge in [0.25, 0.3) is 5.91 Å². The average molecular weight is 278 g/mol. The van der Waals surface area contributed by atoms with Crippen molar-refractivity contribution in [2.45, 2.75) is 51.5 Å². The molecule has 0 aromatic heterocycles. The number of benzene rings is 1. The summed E-state index contributed by atoms with van der Waals surface area (Å²) in [5, 5.41) is 6.05. The van der Waals surface area contributed by atoms with Gasteiger partial charge in [0.15, 0.2) is 0 Å². The molecule has 1 fully saturated rings. The van der Waals surface area contributed by atoms with E-state index in [1.165, 1.54) is 12.5 Å². The molecule has 0 atom stereocenters. The van der Waals surface area contributed by atoms with Crippen LogP contribution in [0.5, 0.6) is 0 Å². The lowest BCUT2D eigenvalue weighted by atomic mass is 9.95. The number of hydrogen-bond donors (Lipinski definition) is 2. The van der Waals surface area contributed by atoms with Crippen molar-refractivity contribution in [2.75, 3.05) is 11.9 Å². The molecule has 1 amide bonds. The van der Waals surface area contributed by atoms with Crippen LogP contribution in [-0.4, -0.2) is 18.5 Å². The molecule has 4 heteroatoms. The van der Waals surface area contributed by atoms with Crippen LogP contribution < -0.4 is 10.6 Å². The summed E-state index contributed by atoms with van der Waals surface area (Å²) in [6, 6.07) is 4.88. The third-order valence-corrected chi connectivity index (χ3v) is 3.75. The molecule has 0 heterocycles. The minimum absolute atomic E-state index is 0.171. The molecule has 0 unspecified atom stereocenters. The topological polar surface area (TPSA) is 41.1 Å². The fourth-order valence-electron chi connectivity index (χ4n) is 2.65. The Labute approximate surface area is 120 Å². The van der Waals surface area contributed by atoms with Crippen LogP contribution in [0.25, 0.3) is 0 Å².